The average molecular weight is 397 g/mol. The zero-order valence-electron chi connectivity index (χ0n) is 16.7. The van der Waals surface area contributed by atoms with E-state index in [1.54, 1.807) is 6.33 Å². The van der Waals surface area contributed by atoms with E-state index in [0.29, 0.717) is 29.7 Å². The molecule has 1 aliphatic heterocycles. The first-order chi connectivity index (χ1) is 14.1. The summed E-state index contributed by atoms with van der Waals surface area (Å²) in [6.07, 6.45) is 4.99. The maximum absolute atomic E-state index is 15.0. The van der Waals surface area contributed by atoms with Gasteiger partial charge in [0.2, 0.25) is 0 Å². The van der Waals surface area contributed by atoms with Gasteiger partial charge in [-0.1, -0.05) is 30.3 Å². The summed E-state index contributed by atoms with van der Waals surface area (Å²) in [4.78, 5) is 6.94. The molecule has 2 aromatic carbocycles. The Morgan fingerprint density at radius 1 is 1.14 bits per heavy atom. The summed E-state index contributed by atoms with van der Waals surface area (Å²) in [5.41, 5.74) is 2.13. The molecule has 1 fully saturated rings. The van der Waals surface area contributed by atoms with Crippen molar-refractivity contribution in [1.82, 2.24) is 14.5 Å². The Hall–Kier alpha value is -2.73. The van der Waals surface area contributed by atoms with Crippen LogP contribution in [0.5, 0.6) is 5.75 Å². The molecule has 0 bridgehead atoms. The highest BCUT2D eigenvalue weighted by Crippen LogP contribution is 2.39. The van der Waals surface area contributed by atoms with Crippen LogP contribution >= 0.6 is 0 Å². The largest absolute Gasteiger partial charge is 0.496 e. The fourth-order valence-electron chi connectivity index (χ4n) is 4.18. The molecule has 1 aliphatic rings. The Bertz CT molecular complexity index is 987. The number of benzene rings is 2. The number of likely N-dealkylation sites (tertiary alicyclic amines) is 1. The number of rotatable bonds is 6. The summed E-state index contributed by atoms with van der Waals surface area (Å²) >= 11 is 0. The van der Waals surface area contributed by atoms with Gasteiger partial charge >= 0.3 is 0 Å². The van der Waals surface area contributed by atoms with Crippen molar-refractivity contribution in [2.45, 2.75) is 31.8 Å². The van der Waals surface area contributed by atoms with Gasteiger partial charge in [-0.2, -0.15) is 0 Å². The molecule has 1 aromatic heterocycles. The first-order valence-corrected chi connectivity index (χ1v) is 9.93. The van der Waals surface area contributed by atoms with Crippen LogP contribution < -0.4 is 4.74 Å². The molecule has 4 nitrogen and oxygen atoms in total. The quantitative estimate of drug-likeness (QED) is 0.587. The summed E-state index contributed by atoms with van der Waals surface area (Å²) in [7, 11) is 3.60. The van der Waals surface area contributed by atoms with E-state index in [1.807, 2.05) is 34.9 Å². The molecule has 4 rings (SSSR count). The Balaban J connectivity index is 1.82. The lowest BCUT2D eigenvalue weighted by Crippen LogP contribution is -2.26. The number of nitrogens with zero attached hydrogens (tertiary/aromatic N) is 3. The predicted octanol–water partition coefficient (Wildman–Crippen LogP) is 4.99. The number of hydrogen-bond donors (Lipinski definition) is 0. The summed E-state index contributed by atoms with van der Waals surface area (Å²) in [6, 6.07) is 12.6. The van der Waals surface area contributed by atoms with E-state index in [2.05, 4.69) is 16.9 Å². The molecule has 0 radical (unpaired) electrons. The summed E-state index contributed by atoms with van der Waals surface area (Å²) < 4.78 is 36.5. The van der Waals surface area contributed by atoms with E-state index < -0.39 is 11.6 Å². The smallest absolute Gasteiger partial charge is 0.171 e. The molecular weight excluding hydrogens is 372 g/mol. The second-order valence-electron chi connectivity index (χ2n) is 7.51. The second-order valence-corrected chi connectivity index (χ2v) is 7.51. The highest BCUT2D eigenvalue weighted by molar-refractivity contribution is 5.82. The Kier molecular flexibility index (Phi) is 5.62. The third-order valence-corrected chi connectivity index (χ3v) is 5.77. The molecule has 6 heteroatoms. The average Bonchev–Trinajstić information content (AvgIpc) is 3.34. The fraction of sp³-hybridized carbons (Fsp3) is 0.348. The predicted molar refractivity (Wildman–Crippen MR) is 110 cm³/mol. The second kappa shape index (κ2) is 8.33. The van der Waals surface area contributed by atoms with Gasteiger partial charge < -0.3 is 14.2 Å². The van der Waals surface area contributed by atoms with Gasteiger partial charge in [-0.25, -0.2) is 13.8 Å². The van der Waals surface area contributed by atoms with Gasteiger partial charge in [0, 0.05) is 18.2 Å². The van der Waals surface area contributed by atoms with Crippen LogP contribution in [0.15, 0.2) is 48.8 Å². The van der Waals surface area contributed by atoms with E-state index in [4.69, 9.17) is 4.74 Å². The van der Waals surface area contributed by atoms with E-state index in [1.165, 1.54) is 19.6 Å². The van der Waals surface area contributed by atoms with Gasteiger partial charge in [-0.3, -0.25) is 0 Å². The summed E-state index contributed by atoms with van der Waals surface area (Å²) in [5, 5.41) is 0. The Morgan fingerprint density at radius 3 is 2.62 bits per heavy atom. The van der Waals surface area contributed by atoms with Crippen LogP contribution in [0.3, 0.4) is 0 Å². The molecule has 0 saturated carbocycles. The molecule has 2 heterocycles. The third kappa shape index (κ3) is 3.77. The maximum Gasteiger partial charge on any atom is 0.171 e. The highest BCUT2D eigenvalue weighted by Gasteiger charge is 2.26. The van der Waals surface area contributed by atoms with Crippen LogP contribution in [-0.2, 0) is 6.54 Å². The van der Waals surface area contributed by atoms with Crippen molar-refractivity contribution >= 4 is 0 Å². The number of imidazole rings is 1. The molecule has 0 spiro atoms. The molecule has 1 saturated heterocycles. The monoisotopic (exact) mass is 397 g/mol. The van der Waals surface area contributed by atoms with Crippen molar-refractivity contribution in [1.29, 1.82) is 0 Å². The molecule has 1 atom stereocenters. The zero-order valence-corrected chi connectivity index (χ0v) is 16.7. The number of aromatic nitrogens is 2. The molecule has 0 N–H and O–H groups in total. The van der Waals surface area contributed by atoms with Gasteiger partial charge in [0.25, 0.3) is 0 Å². The molecule has 29 heavy (non-hydrogen) atoms. The lowest BCUT2D eigenvalue weighted by Gasteiger charge is -2.20. The van der Waals surface area contributed by atoms with Gasteiger partial charge in [0.05, 0.1) is 30.4 Å². The minimum absolute atomic E-state index is 0.114. The van der Waals surface area contributed by atoms with Gasteiger partial charge in [-0.15, -0.1) is 0 Å². The van der Waals surface area contributed by atoms with Crippen LogP contribution in [0.2, 0.25) is 0 Å². The number of halogens is 2. The van der Waals surface area contributed by atoms with Crippen LogP contribution in [0.4, 0.5) is 8.78 Å². The van der Waals surface area contributed by atoms with Crippen LogP contribution in [0.25, 0.3) is 22.5 Å². The van der Waals surface area contributed by atoms with Crippen molar-refractivity contribution in [2.24, 2.45) is 0 Å². The van der Waals surface area contributed by atoms with Gasteiger partial charge in [0.1, 0.15) is 5.75 Å². The standard InChI is InChI=1S/C23H25F2N3O/c1-27-13-6-9-17(27)12-14-28-15-26-22(16-7-4-3-5-8-16)23(28)20-19(29-2)11-10-18(24)21(20)25/h3-5,7-8,10-11,15,17H,6,9,12-14H2,1-2H3/t17-/m1/s1. The molecule has 3 aromatic rings. The van der Waals surface area contributed by atoms with Crippen molar-refractivity contribution < 1.29 is 13.5 Å². The molecular formula is C23H25F2N3O. The first kappa shape index (κ1) is 19.6. The Labute approximate surface area is 169 Å². The number of aryl methyl sites for hydroxylation is 1. The normalized spacial score (nSPS) is 17.0. The number of methoxy groups -OCH3 is 1. The maximum atomic E-state index is 15.0. The van der Waals surface area contributed by atoms with Gasteiger partial charge in [-0.05, 0) is 45.0 Å². The lowest BCUT2D eigenvalue weighted by atomic mass is 10.0. The van der Waals surface area contributed by atoms with E-state index in [9.17, 15) is 8.78 Å². The number of hydrogen-bond acceptors (Lipinski definition) is 3. The topological polar surface area (TPSA) is 30.3 Å². The lowest BCUT2D eigenvalue weighted by molar-refractivity contribution is 0.286. The molecule has 0 amide bonds. The SMILES string of the molecule is COc1ccc(F)c(F)c1-c1c(-c2ccccc2)ncn1CC[C@H]1CCCN1C. The fourth-order valence-corrected chi connectivity index (χ4v) is 4.18. The Morgan fingerprint density at radius 2 is 1.93 bits per heavy atom. The van der Waals surface area contributed by atoms with E-state index in [0.717, 1.165) is 31.0 Å². The van der Waals surface area contributed by atoms with Crippen molar-refractivity contribution in [3.63, 3.8) is 0 Å². The highest BCUT2D eigenvalue weighted by atomic mass is 19.2. The minimum Gasteiger partial charge on any atom is -0.496 e. The minimum atomic E-state index is -0.915. The molecule has 0 aliphatic carbocycles. The third-order valence-electron chi connectivity index (χ3n) is 5.77. The van der Waals surface area contributed by atoms with Crippen molar-refractivity contribution in [2.75, 3.05) is 20.7 Å². The van der Waals surface area contributed by atoms with Crippen LogP contribution in [-0.4, -0.2) is 41.2 Å². The molecule has 0 unspecified atom stereocenters. The summed E-state index contributed by atoms with van der Waals surface area (Å²) in [5.74, 6) is -1.52. The van der Waals surface area contributed by atoms with E-state index >= 15 is 0 Å². The van der Waals surface area contributed by atoms with Crippen molar-refractivity contribution in [3.8, 4) is 28.3 Å². The number of ether oxygens (including phenoxy) is 1. The first-order valence-electron chi connectivity index (χ1n) is 9.93. The van der Waals surface area contributed by atoms with Crippen LogP contribution in [0, 0.1) is 11.6 Å². The van der Waals surface area contributed by atoms with Gasteiger partial charge in [0.15, 0.2) is 11.6 Å². The summed E-state index contributed by atoms with van der Waals surface area (Å²) in [6.45, 7) is 1.77. The molecule has 152 valence electrons. The van der Waals surface area contributed by atoms with E-state index in [-0.39, 0.29) is 5.56 Å². The zero-order chi connectivity index (χ0) is 20.4. The van der Waals surface area contributed by atoms with Crippen molar-refractivity contribution in [3.05, 3.63) is 60.4 Å². The van der Waals surface area contributed by atoms with Crippen LogP contribution in [0.1, 0.15) is 19.3 Å².